The topological polar surface area (TPSA) is 59.1 Å². The lowest BCUT2D eigenvalue weighted by atomic mass is 10.2. The van der Waals surface area contributed by atoms with E-state index >= 15 is 0 Å². The largest absolute Gasteiger partial charge is 0.290 e. The molecule has 2 heterocycles. The number of aromatic nitrogens is 1. The normalized spacial score (nSPS) is 14.8. The molecule has 0 spiro atoms. The lowest BCUT2D eigenvalue weighted by Gasteiger charge is -1.96. The van der Waals surface area contributed by atoms with Gasteiger partial charge in [-0.15, -0.1) is 11.8 Å². The van der Waals surface area contributed by atoms with E-state index in [0.29, 0.717) is 9.93 Å². The molecule has 2 amide bonds. The molecule has 3 rings (SSSR count). The number of benzene rings is 1. The molecule has 0 atom stereocenters. The molecule has 1 aliphatic heterocycles. The van der Waals surface area contributed by atoms with Gasteiger partial charge in [-0.3, -0.25) is 14.9 Å². The van der Waals surface area contributed by atoms with E-state index in [4.69, 9.17) is 11.6 Å². The van der Waals surface area contributed by atoms with Gasteiger partial charge in [0.1, 0.15) is 0 Å². The van der Waals surface area contributed by atoms with Crippen LogP contribution in [0.25, 0.3) is 6.08 Å². The third-order valence-electron chi connectivity index (χ3n) is 3.20. The first-order chi connectivity index (χ1) is 12.6. The first-order valence-electron chi connectivity index (χ1n) is 8.12. The van der Waals surface area contributed by atoms with Crippen LogP contribution in [0.2, 0.25) is 5.02 Å². The van der Waals surface area contributed by atoms with Crippen LogP contribution in [0.3, 0.4) is 0 Å². The van der Waals surface area contributed by atoms with Crippen molar-refractivity contribution in [3.8, 4) is 0 Å². The molecule has 0 bridgehead atoms. The molecule has 2 aromatic rings. The minimum absolute atomic E-state index is 0.333. The molecule has 26 heavy (non-hydrogen) atoms. The molecule has 7 heteroatoms. The number of imide groups is 1. The molecule has 0 radical (unpaired) electrons. The Hall–Kier alpha value is -1.76. The number of thioether (sulfide) groups is 2. The average molecular weight is 407 g/mol. The zero-order valence-corrected chi connectivity index (χ0v) is 16.7. The van der Waals surface area contributed by atoms with Crippen molar-refractivity contribution in [3.05, 3.63) is 64.2 Å². The Balaban J connectivity index is 0.000000197. The van der Waals surface area contributed by atoms with Gasteiger partial charge >= 0.3 is 0 Å². The molecule has 1 aromatic heterocycles. The number of halogens is 1. The third-order valence-corrected chi connectivity index (χ3v) is 5.29. The first-order valence-corrected chi connectivity index (χ1v) is 10.3. The monoisotopic (exact) mass is 406 g/mol. The van der Waals surface area contributed by atoms with Crippen molar-refractivity contribution in [2.45, 2.75) is 24.8 Å². The quantitative estimate of drug-likeness (QED) is 0.395. The molecule has 136 valence electrons. The molecule has 0 saturated carbocycles. The second-order valence-corrected chi connectivity index (χ2v) is 7.84. The molecule has 0 aliphatic carbocycles. The first kappa shape index (κ1) is 20.6. The molecule has 1 N–H and O–H groups in total. The highest BCUT2D eigenvalue weighted by Gasteiger charge is 2.24. The fourth-order valence-corrected chi connectivity index (χ4v) is 3.65. The van der Waals surface area contributed by atoms with Crippen LogP contribution < -0.4 is 5.32 Å². The van der Waals surface area contributed by atoms with Crippen LogP contribution in [0.1, 0.15) is 25.3 Å². The lowest BCUT2D eigenvalue weighted by Crippen LogP contribution is -2.17. The number of nitrogens with zero attached hydrogens (tertiary/aromatic N) is 1. The molecular formula is C19H19ClN2O2S2. The molecule has 1 aliphatic rings. The minimum atomic E-state index is -0.347. The summed E-state index contributed by atoms with van der Waals surface area (Å²) in [4.78, 5) is 26.7. The van der Waals surface area contributed by atoms with Crippen molar-refractivity contribution in [1.29, 1.82) is 0 Å². The summed E-state index contributed by atoms with van der Waals surface area (Å²) in [6.07, 6.45) is 6.04. The van der Waals surface area contributed by atoms with Gasteiger partial charge in [0, 0.05) is 11.2 Å². The molecule has 0 unspecified atom stereocenters. The van der Waals surface area contributed by atoms with Gasteiger partial charge in [0.15, 0.2) is 0 Å². The number of nitrogens with one attached hydrogen (secondary N) is 1. The number of carbonyl (C=O) groups is 2. The number of pyridine rings is 1. The molecule has 1 fully saturated rings. The standard InChI is InChI=1S/C10H6ClNO2S.C9H13NS/c11-7-3-1-6(2-4-7)5-8-9(13)12-10(14)15-8;1-2-3-8-11-9-6-4-5-7-10-9/h1-5H,(H,12,13,14);4-7H,2-3,8H2,1H3. The number of hydrogen-bond acceptors (Lipinski definition) is 5. The summed E-state index contributed by atoms with van der Waals surface area (Å²) in [6, 6.07) is 13.1. The zero-order valence-electron chi connectivity index (χ0n) is 14.3. The SMILES string of the molecule is CCCCSc1ccccn1.O=C1NC(=O)C(=Cc2ccc(Cl)cc2)S1. The average Bonchev–Trinajstić information content (AvgIpc) is 2.96. The second-order valence-electron chi connectivity index (χ2n) is 5.27. The Kier molecular flexibility index (Phi) is 8.74. The van der Waals surface area contributed by atoms with E-state index in [0.717, 1.165) is 22.4 Å². The zero-order chi connectivity index (χ0) is 18.8. The summed E-state index contributed by atoms with van der Waals surface area (Å²) in [5.74, 6) is 0.841. The van der Waals surface area contributed by atoms with Gasteiger partial charge in [0.2, 0.25) is 0 Å². The molecule has 4 nitrogen and oxygen atoms in total. The van der Waals surface area contributed by atoms with Crippen LogP contribution in [0.4, 0.5) is 4.79 Å². The van der Waals surface area contributed by atoms with Gasteiger partial charge in [-0.1, -0.05) is 43.1 Å². The third kappa shape index (κ3) is 7.23. The maximum Gasteiger partial charge on any atom is 0.290 e. The highest BCUT2D eigenvalue weighted by Crippen LogP contribution is 2.25. The number of rotatable bonds is 5. The van der Waals surface area contributed by atoms with Crippen LogP contribution in [0.5, 0.6) is 0 Å². The Morgan fingerprint density at radius 3 is 2.54 bits per heavy atom. The van der Waals surface area contributed by atoms with Crippen molar-refractivity contribution in [2.75, 3.05) is 5.75 Å². The van der Waals surface area contributed by atoms with Crippen LogP contribution in [0, 0.1) is 0 Å². The van der Waals surface area contributed by atoms with Crippen molar-refractivity contribution in [1.82, 2.24) is 10.3 Å². The van der Waals surface area contributed by atoms with Crippen LogP contribution >= 0.6 is 35.1 Å². The highest BCUT2D eigenvalue weighted by atomic mass is 35.5. The highest BCUT2D eigenvalue weighted by molar-refractivity contribution is 8.18. The lowest BCUT2D eigenvalue weighted by molar-refractivity contribution is -0.115. The van der Waals surface area contributed by atoms with Gasteiger partial charge < -0.3 is 0 Å². The number of amides is 2. The van der Waals surface area contributed by atoms with E-state index in [1.165, 1.54) is 18.6 Å². The van der Waals surface area contributed by atoms with Gasteiger partial charge in [0.05, 0.1) is 9.93 Å². The van der Waals surface area contributed by atoms with E-state index < -0.39 is 0 Å². The fourth-order valence-electron chi connectivity index (χ4n) is 1.88. The van der Waals surface area contributed by atoms with E-state index in [1.807, 2.05) is 30.1 Å². The van der Waals surface area contributed by atoms with Crippen molar-refractivity contribution in [2.24, 2.45) is 0 Å². The van der Waals surface area contributed by atoms with Crippen LogP contribution in [0.15, 0.2) is 58.6 Å². The van der Waals surface area contributed by atoms with E-state index in [-0.39, 0.29) is 11.1 Å². The summed E-state index contributed by atoms with van der Waals surface area (Å²) in [5.41, 5.74) is 0.840. The number of unbranched alkanes of at least 4 members (excludes halogenated alkanes) is 1. The van der Waals surface area contributed by atoms with E-state index in [9.17, 15) is 9.59 Å². The van der Waals surface area contributed by atoms with Crippen molar-refractivity contribution >= 4 is 52.3 Å². The maximum atomic E-state index is 11.2. The number of carbonyl (C=O) groups excluding carboxylic acids is 2. The summed E-state index contributed by atoms with van der Waals surface area (Å²) in [7, 11) is 0. The minimum Gasteiger partial charge on any atom is -0.282 e. The van der Waals surface area contributed by atoms with Gasteiger partial charge in [0.25, 0.3) is 11.1 Å². The predicted molar refractivity (Wildman–Crippen MR) is 110 cm³/mol. The smallest absolute Gasteiger partial charge is 0.282 e. The van der Waals surface area contributed by atoms with Gasteiger partial charge in [-0.25, -0.2) is 4.98 Å². The Labute approximate surface area is 166 Å². The Morgan fingerprint density at radius 1 is 1.19 bits per heavy atom. The van der Waals surface area contributed by atoms with Gasteiger partial charge in [-0.05, 0) is 59.8 Å². The fraction of sp³-hybridized carbons (Fsp3) is 0.211. The van der Waals surface area contributed by atoms with Crippen molar-refractivity contribution in [3.63, 3.8) is 0 Å². The molecule has 1 aromatic carbocycles. The summed E-state index contributed by atoms with van der Waals surface area (Å²) in [5, 5.41) is 3.63. The number of hydrogen-bond donors (Lipinski definition) is 1. The van der Waals surface area contributed by atoms with Crippen LogP contribution in [-0.4, -0.2) is 21.9 Å². The molecule has 1 saturated heterocycles. The maximum absolute atomic E-state index is 11.2. The Bertz CT molecular complexity index is 765. The van der Waals surface area contributed by atoms with E-state index in [2.05, 4.69) is 23.3 Å². The second kappa shape index (κ2) is 11.1. The Morgan fingerprint density at radius 2 is 1.96 bits per heavy atom. The summed E-state index contributed by atoms with van der Waals surface area (Å²) in [6.45, 7) is 2.21. The van der Waals surface area contributed by atoms with E-state index in [1.54, 1.807) is 30.3 Å². The van der Waals surface area contributed by atoms with Crippen LogP contribution in [-0.2, 0) is 4.79 Å². The molecular weight excluding hydrogens is 388 g/mol. The summed E-state index contributed by atoms with van der Waals surface area (Å²) >= 11 is 8.46. The predicted octanol–water partition coefficient (Wildman–Crippen LogP) is 5.64. The van der Waals surface area contributed by atoms with Gasteiger partial charge in [-0.2, -0.15) is 0 Å². The summed E-state index contributed by atoms with van der Waals surface area (Å²) < 4.78 is 0. The van der Waals surface area contributed by atoms with Crippen molar-refractivity contribution < 1.29 is 9.59 Å².